The van der Waals surface area contributed by atoms with Crippen LogP contribution in [-0.4, -0.2) is 61.2 Å². The van der Waals surface area contributed by atoms with Crippen molar-refractivity contribution >= 4 is 0 Å². The summed E-state index contributed by atoms with van der Waals surface area (Å²) < 4.78 is 2.12. The monoisotopic (exact) mass is 369 g/mol. The third-order valence-corrected chi connectivity index (χ3v) is 6.42. The first-order valence-electron chi connectivity index (χ1n) is 10.4. The summed E-state index contributed by atoms with van der Waals surface area (Å²) in [6.07, 6.45) is 10.2. The number of nitrogens with zero attached hydrogens (tertiary/aromatic N) is 7. The Morgan fingerprint density at radius 3 is 2.33 bits per heavy atom. The lowest BCUT2D eigenvalue weighted by Crippen LogP contribution is -2.48. The number of tetrazole rings is 1. The maximum absolute atomic E-state index is 4.41. The molecule has 1 saturated heterocycles. The van der Waals surface area contributed by atoms with Gasteiger partial charge in [-0.2, -0.15) is 0 Å². The molecule has 2 unspecified atom stereocenters. The largest absolute Gasteiger partial charge is 0.294 e. The van der Waals surface area contributed by atoms with E-state index >= 15 is 0 Å². The summed E-state index contributed by atoms with van der Waals surface area (Å²) in [5, 5.41) is 12.8. The van der Waals surface area contributed by atoms with Gasteiger partial charge in [0.2, 0.25) is 0 Å². The zero-order valence-corrected chi connectivity index (χ0v) is 16.5. The molecule has 1 aliphatic heterocycles. The average molecular weight is 370 g/mol. The van der Waals surface area contributed by atoms with E-state index in [0.717, 1.165) is 32.0 Å². The Bertz CT molecular complexity index is 702. The molecule has 4 rings (SSSR count). The van der Waals surface area contributed by atoms with Crippen LogP contribution in [0.2, 0.25) is 0 Å². The van der Waals surface area contributed by atoms with E-state index in [1.165, 1.54) is 37.7 Å². The Hall–Kier alpha value is -1.86. The van der Waals surface area contributed by atoms with Crippen molar-refractivity contribution in [2.75, 3.05) is 26.2 Å². The zero-order valence-electron chi connectivity index (χ0n) is 16.5. The van der Waals surface area contributed by atoms with Crippen molar-refractivity contribution in [2.45, 2.75) is 64.1 Å². The Morgan fingerprint density at radius 1 is 0.963 bits per heavy atom. The Morgan fingerprint density at radius 2 is 1.67 bits per heavy atom. The number of rotatable bonds is 5. The highest BCUT2D eigenvalue weighted by Gasteiger charge is 2.29. The highest BCUT2D eigenvalue weighted by molar-refractivity contribution is 5.13. The quantitative estimate of drug-likeness (QED) is 0.807. The first kappa shape index (κ1) is 18.5. The summed E-state index contributed by atoms with van der Waals surface area (Å²) in [4.78, 5) is 9.34. The summed E-state index contributed by atoms with van der Waals surface area (Å²) in [7, 11) is 0. The molecule has 27 heavy (non-hydrogen) atoms. The fraction of sp³-hybridized carbons (Fsp3) is 0.700. The maximum atomic E-state index is 4.41. The van der Waals surface area contributed by atoms with Crippen molar-refractivity contribution in [1.29, 1.82) is 0 Å². The van der Waals surface area contributed by atoms with Crippen LogP contribution in [0.25, 0.3) is 0 Å². The fourth-order valence-electron chi connectivity index (χ4n) is 4.57. The maximum Gasteiger partial charge on any atom is 0.168 e. The smallest absolute Gasteiger partial charge is 0.168 e. The predicted octanol–water partition coefficient (Wildman–Crippen LogP) is 3.01. The van der Waals surface area contributed by atoms with Gasteiger partial charge in [0.15, 0.2) is 5.82 Å². The molecule has 1 saturated carbocycles. The highest BCUT2D eigenvalue weighted by atomic mass is 15.6. The standard InChI is InChI=1S/C20H31N7/c1-16(18-7-6-10-21-15-18)25-11-13-26(14-12-25)17(2)20-22-23-24-27(20)19-8-4-3-5-9-19/h6-7,10,15-17,19H,3-5,8-9,11-14H2,1-2H3. The molecule has 146 valence electrons. The summed E-state index contributed by atoms with van der Waals surface area (Å²) in [5.41, 5.74) is 1.29. The average Bonchev–Trinajstić information content (AvgIpc) is 3.24. The minimum Gasteiger partial charge on any atom is -0.294 e. The Balaban J connectivity index is 1.38. The lowest BCUT2D eigenvalue weighted by molar-refractivity contribution is 0.0731. The fourth-order valence-corrected chi connectivity index (χ4v) is 4.57. The van der Waals surface area contributed by atoms with Gasteiger partial charge in [0.05, 0.1) is 12.1 Å². The molecule has 2 aromatic heterocycles. The summed E-state index contributed by atoms with van der Waals surface area (Å²) in [6.45, 7) is 8.74. The van der Waals surface area contributed by atoms with Crippen LogP contribution in [0, 0.1) is 0 Å². The molecule has 0 radical (unpaired) electrons. The van der Waals surface area contributed by atoms with Gasteiger partial charge >= 0.3 is 0 Å². The van der Waals surface area contributed by atoms with Crippen molar-refractivity contribution in [2.24, 2.45) is 0 Å². The molecule has 3 heterocycles. The number of piperazine rings is 1. The van der Waals surface area contributed by atoms with E-state index in [0.29, 0.717) is 12.1 Å². The molecule has 0 bridgehead atoms. The van der Waals surface area contributed by atoms with Crippen LogP contribution < -0.4 is 0 Å². The van der Waals surface area contributed by atoms with E-state index in [4.69, 9.17) is 0 Å². The molecular formula is C20H31N7. The van der Waals surface area contributed by atoms with Crippen LogP contribution in [0.4, 0.5) is 0 Å². The molecule has 7 heteroatoms. The van der Waals surface area contributed by atoms with Crippen LogP contribution in [0.3, 0.4) is 0 Å². The van der Waals surface area contributed by atoms with Gasteiger partial charge in [-0.3, -0.25) is 14.8 Å². The lowest BCUT2D eigenvalue weighted by atomic mass is 9.95. The van der Waals surface area contributed by atoms with Gasteiger partial charge in [-0.1, -0.05) is 25.3 Å². The minimum absolute atomic E-state index is 0.262. The predicted molar refractivity (Wildman–Crippen MR) is 104 cm³/mol. The van der Waals surface area contributed by atoms with E-state index in [2.05, 4.69) is 54.9 Å². The Labute approximate surface area is 161 Å². The van der Waals surface area contributed by atoms with Crippen molar-refractivity contribution in [3.63, 3.8) is 0 Å². The lowest BCUT2D eigenvalue weighted by Gasteiger charge is -2.40. The van der Waals surface area contributed by atoms with Crippen LogP contribution >= 0.6 is 0 Å². The normalized spacial score (nSPS) is 22.6. The molecule has 2 aromatic rings. The molecule has 2 aliphatic rings. The van der Waals surface area contributed by atoms with Crippen LogP contribution in [0.15, 0.2) is 24.5 Å². The molecule has 0 N–H and O–H groups in total. The molecule has 2 fully saturated rings. The van der Waals surface area contributed by atoms with Crippen LogP contribution in [0.1, 0.15) is 75.5 Å². The summed E-state index contributed by atoms with van der Waals surface area (Å²) in [6, 6.07) is 5.35. The second-order valence-corrected chi connectivity index (χ2v) is 7.98. The Kier molecular flexibility index (Phi) is 5.78. The van der Waals surface area contributed by atoms with Gasteiger partial charge in [-0.25, -0.2) is 4.68 Å². The molecule has 7 nitrogen and oxygen atoms in total. The second kappa shape index (κ2) is 8.44. The van der Waals surface area contributed by atoms with Gasteiger partial charge in [0.25, 0.3) is 0 Å². The topological polar surface area (TPSA) is 63.0 Å². The molecule has 0 amide bonds. The molecule has 0 aromatic carbocycles. The minimum atomic E-state index is 0.262. The van der Waals surface area contributed by atoms with E-state index < -0.39 is 0 Å². The van der Waals surface area contributed by atoms with Crippen molar-refractivity contribution in [3.8, 4) is 0 Å². The number of hydrogen-bond donors (Lipinski definition) is 0. The van der Waals surface area contributed by atoms with Crippen molar-refractivity contribution in [3.05, 3.63) is 35.9 Å². The second-order valence-electron chi connectivity index (χ2n) is 7.98. The van der Waals surface area contributed by atoms with E-state index in [-0.39, 0.29) is 6.04 Å². The zero-order chi connectivity index (χ0) is 18.6. The first-order chi connectivity index (χ1) is 13.2. The van der Waals surface area contributed by atoms with Gasteiger partial charge in [-0.15, -0.1) is 5.10 Å². The van der Waals surface area contributed by atoms with E-state index in [9.17, 15) is 0 Å². The third-order valence-electron chi connectivity index (χ3n) is 6.42. The molecule has 2 atom stereocenters. The summed E-state index contributed by atoms with van der Waals surface area (Å²) in [5.74, 6) is 1.04. The van der Waals surface area contributed by atoms with Gasteiger partial charge < -0.3 is 0 Å². The van der Waals surface area contributed by atoms with Crippen LogP contribution in [-0.2, 0) is 0 Å². The third kappa shape index (κ3) is 4.04. The number of aromatic nitrogens is 5. The molecule has 1 aliphatic carbocycles. The van der Waals surface area contributed by atoms with Crippen molar-refractivity contribution in [1.82, 2.24) is 35.0 Å². The van der Waals surface area contributed by atoms with Crippen molar-refractivity contribution < 1.29 is 0 Å². The number of pyridine rings is 1. The molecule has 0 spiro atoms. The summed E-state index contributed by atoms with van der Waals surface area (Å²) >= 11 is 0. The van der Waals surface area contributed by atoms with Gasteiger partial charge in [0.1, 0.15) is 0 Å². The van der Waals surface area contributed by atoms with Crippen LogP contribution in [0.5, 0.6) is 0 Å². The van der Waals surface area contributed by atoms with E-state index in [1.807, 2.05) is 18.5 Å². The van der Waals surface area contributed by atoms with Gasteiger partial charge in [-0.05, 0) is 48.7 Å². The SMILES string of the molecule is CC(c1cccnc1)N1CCN(C(C)c2nnnn2C2CCCCC2)CC1. The van der Waals surface area contributed by atoms with E-state index in [1.54, 1.807) is 0 Å². The molecular weight excluding hydrogens is 338 g/mol. The highest BCUT2D eigenvalue weighted by Crippen LogP contribution is 2.31. The number of hydrogen-bond acceptors (Lipinski definition) is 6. The van der Waals surface area contributed by atoms with Gasteiger partial charge in [0, 0.05) is 44.6 Å². The first-order valence-corrected chi connectivity index (χ1v) is 10.4.